The molecule has 1 saturated heterocycles. The average molecular weight is 208 g/mol. The van der Waals surface area contributed by atoms with Crippen LogP contribution in [0.1, 0.15) is 26.2 Å². The Labute approximate surface area is 89.6 Å². The second kappa shape index (κ2) is 3.82. The van der Waals surface area contributed by atoms with Crippen molar-refractivity contribution in [2.45, 2.75) is 32.2 Å². The van der Waals surface area contributed by atoms with Gasteiger partial charge in [0.05, 0.1) is 24.0 Å². The predicted octanol–water partition coefficient (Wildman–Crippen LogP) is 0.831. The zero-order valence-corrected chi connectivity index (χ0v) is 8.95. The van der Waals surface area contributed by atoms with Crippen LogP contribution in [0.3, 0.4) is 0 Å². The van der Waals surface area contributed by atoms with Gasteiger partial charge in [0.2, 0.25) is 0 Å². The number of carbonyl (C=O) groups is 1. The molecule has 0 aromatic carbocycles. The molecule has 0 unspecified atom stereocenters. The Morgan fingerprint density at radius 2 is 2.53 bits per heavy atom. The van der Waals surface area contributed by atoms with Crippen LogP contribution in [-0.4, -0.2) is 25.2 Å². The number of rotatable bonds is 2. The SMILES string of the molecule is CCOC(=O)[C@]12CCCN[C@H]1[C@H](C#N)C2. The highest BCUT2D eigenvalue weighted by atomic mass is 16.5. The smallest absolute Gasteiger partial charge is 0.313 e. The van der Waals surface area contributed by atoms with Crippen molar-refractivity contribution in [2.75, 3.05) is 13.2 Å². The number of fused-ring (bicyclic) bond motifs is 1. The summed E-state index contributed by atoms with van der Waals surface area (Å²) in [7, 11) is 0. The zero-order chi connectivity index (χ0) is 10.9. The Bertz CT molecular complexity index is 310. The van der Waals surface area contributed by atoms with E-state index in [2.05, 4.69) is 11.4 Å². The molecule has 2 fully saturated rings. The highest BCUT2D eigenvalue weighted by Gasteiger charge is 2.60. The molecular formula is C11H16N2O2. The first kappa shape index (κ1) is 10.4. The van der Waals surface area contributed by atoms with Crippen LogP contribution >= 0.6 is 0 Å². The molecule has 1 N–H and O–H groups in total. The van der Waals surface area contributed by atoms with Crippen LogP contribution < -0.4 is 5.32 Å². The van der Waals surface area contributed by atoms with Crippen LogP contribution in [0.25, 0.3) is 0 Å². The van der Waals surface area contributed by atoms with Crippen molar-refractivity contribution in [1.82, 2.24) is 5.32 Å². The molecule has 15 heavy (non-hydrogen) atoms. The molecule has 0 aromatic rings. The topological polar surface area (TPSA) is 62.1 Å². The Hall–Kier alpha value is -1.08. The number of nitrogens with one attached hydrogen (secondary N) is 1. The van der Waals surface area contributed by atoms with Crippen molar-refractivity contribution in [2.24, 2.45) is 11.3 Å². The van der Waals surface area contributed by atoms with Gasteiger partial charge in [0.15, 0.2) is 0 Å². The minimum atomic E-state index is -0.394. The molecule has 1 aliphatic heterocycles. The molecule has 0 bridgehead atoms. The molecular weight excluding hydrogens is 192 g/mol. The molecule has 1 heterocycles. The summed E-state index contributed by atoms with van der Waals surface area (Å²) in [5, 5.41) is 12.2. The van der Waals surface area contributed by atoms with E-state index in [9.17, 15) is 4.79 Å². The largest absolute Gasteiger partial charge is 0.466 e. The van der Waals surface area contributed by atoms with Gasteiger partial charge in [0.1, 0.15) is 0 Å². The van der Waals surface area contributed by atoms with Gasteiger partial charge in [-0.15, -0.1) is 0 Å². The van der Waals surface area contributed by atoms with Gasteiger partial charge in [-0.1, -0.05) is 0 Å². The molecule has 4 heteroatoms. The molecule has 82 valence electrons. The third-order valence-corrected chi connectivity index (χ3v) is 3.59. The second-order valence-corrected chi connectivity index (χ2v) is 4.35. The van der Waals surface area contributed by atoms with Gasteiger partial charge in [-0.05, 0) is 32.7 Å². The Kier molecular flexibility index (Phi) is 2.66. The lowest BCUT2D eigenvalue weighted by molar-refractivity contribution is -0.170. The van der Waals surface area contributed by atoms with E-state index < -0.39 is 5.41 Å². The monoisotopic (exact) mass is 208 g/mol. The summed E-state index contributed by atoms with van der Waals surface area (Å²) < 4.78 is 5.11. The van der Waals surface area contributed by atoms with E-state index >= 15 is 0 Å². The molecule has 0 amide bonds. The van der Waals surface area contributed by atoms with E-state index in [1.165, 1.54) is 0 Å². The predicted molar refractivity (Wildman–Crippen MR) is 53.8 cm³/mol. The van der Waals surface area contributed by atoms with E-state index in [-0.39, 0.29) is 17.9 Å². The van der Waals surface area contributed by atoms with E-state index in [4.69, 9.17) is 10.00 Å². The highest BCUT2D eigenvalue weighted by molar-refractivity contribution is 5.80. The van der Waals surface area contributed by atoms with Crippen molar-refractivity contribution < 1.29 is 9.53 Å². The van der Waals surface area contributed by atoms with Gasteiger partial charge in [0, 0.05) is 6.04 Å². The lowest BCUT2D eigenvalue weighted by Crippen LogP contribution is -2.66. The van der Waals surface area contributed by atoms with Gasteiger partial charge >= 0.3 is 5.97 Å². The van der Waals surface area contributed by atoms with Crippen LogP contribution in [0.5, 0.6) is 0 Å². The van der Waals surface area contributed by atoms with Gasteiger partial charge < -0.3 is 10.1 Å². The third kappa shape index (κ3) is 1.42. The number of nitrogens with zero attached hydrogens (tertiary/aromatic N) is 1. The number of piperidine rings is 1. The maximum atomic E-state index is 11.9. The molecule has 2 aliphatic rings. The van der Waals surface area contributed by atoms with Gasteiger partial charge in [0.25, 0.3) is 0 Å². The minimum Gasteiger partial charge on any atom is -0.466 e. The van der Waals surface area contributed by atoms with Gasteiger partial charge in [-0.2, -0.15) is 5.26 Å². The fourth-order valence-corrected chi connectivity index (χ4v) is 2.83. The number of esters is 1. The molecule has 1 aliphatic carbocycles. The lowest BCUT2D eigenvalue weighted by Gasteiger charge is -2.53. The Balaban J connectivity index is 2.12. The molecule has 4 nitrogen and oxygen atoms in total. The molecule has 1 saturated carbocycles. The molecule has 3 atom stereocenters. The Morgan fingerprint density at radius 1 is 1.73 bits per heavy atom. The van der Waals surface area contributed by atoms with Gasteiger partial charge in [-0.25, -0.2) is 0 Å². The second-order valence-electron chi connectivity index (χ2n) is 4.35. The van der Waals surface area contributed by atoms with Gasteiger partial charge in [-0.3, -0.25) is 4.79 Å². The average Bonchev–Trinajstić information content (AvgIpc) is 2.21. The maximum Gasteiger partial charge on any atom is 0.313 e. The summed E-state index contributed by atoms with van der Waals surface area (Å²) in [5.74, 6) is -0.136. The number of hydrogen-bond acceptors (Lipinski definition) is 4. The van der Waals surface area contributed by atoms with Crippen molar-refractivity contribution >= 4 is 5.97 Å². The Morgan fingerprint density at radius 3 is 3.20 bits per heavy atom. The summed E-state index contributed by atoms with van der Waals surface area (Å²) in [5.41, 5.74) is -0.394. The van der Waals surface area contributed by atoms with Crippen LogP contribution in [0, 0.1) is 22.7 Å². The first-order valence-corrected chi connectivity index (χ1v) is 5.55. The standard InChI is InChI=1S/C11H16N2O2/c1-2-15-10(14)11-4-3-5-13-9(11)8(6-11)7-12/h8-9,13H,2-6H2,1H3/t8-,9-,11-/m0/s1. The number of ether oxygens (including phenoxy) is 1. The van der Waals surface area contributed by atoms with Crippen molar-refractivity contribution in [3.05, 3.63) is 0 Å². The van der Waals surface area contributed by atoms with Crippen LogP contribution in [0.15, 0.2) is 0 Å². The molecule has 0 aromatic heterocycles. The summed E-state index contributed by atoms with van der Waals surface area (Å²) in [4.78, 5) is 11.9. The van der Waals surface area contributed by atoms with Crippen molar-refractivity contribution in [3.8, 4) is 6.07 Å². The number of carbonyl (C=O) groups excluding carboxylic acids is 1. The summed E-state index contributed by atoms with van der Waals surface area (Å²) in [6, 6.07) is 2.28. The van der Waals surface area contributed by atoms with E-state index in [0.717, 1.165) is 19.4 Å². The van der Waals surface area contributed by atoms with E-state index in [1.54, 1.807) is 0 Å². The molecule has 0 spiro atoms. The highest BCUT2D eigenvalue weighted by Crippen LogP contribution is 2.51. The fourth-order valence-electron chi connectivity index (χ4n) is 2.83. The first-order chi connectivity index (χ1) is 7.24. The van der Waals surface area contributed by atoms with E-state index in [1.807, 2.05) is 6.92 Å². The molecule has 2 rings (SSSR count). The van der Waals surface area contributed by atoms with Crippen molar-refractivity contribution in [1.29, 1.82) is 5.26 Å². The third-order valence-electron chi connectivity index (χ3n) is 3.59. The minimum absolute atomic E-state index is 0.0188. The van der Waals surface area contributed by atoms with Crippen molar-refractivity contribution in [3.63, 3.8) is 0 Å². The number of hydrogen-bond donors (Lipinski definition) is 1. The number of nitriles is 1. The molecule has 0 radical (unpaired) electrons. The summed E-state index contributed by atoms with van der Waals surface area (Å²) >= 11 is 0. The van der Waals surface area contributed by atoms with E-state index in [0.29, 0.717) is 13.0 Å². The summed E-state index contributed by atoms with van der Waals surface area (Å²) in [6.45, 7) is 3.15. The quantitative estimate of drug-likeness (QED) is 0.683. The lowest BCUT2D eigenvalue weighted by atomic mass is 9.54. The zero-order valence-electron chi connectivity index (χ0n) is 8.95. The first-order valence-electron chi connectivity index (χ1n) is 5.55. The van der Waals surface area contributed by atoms with Crippen LogP contribution in [0.2, 0.25) is 0 Å². The summed E-state index contributed by atoms with van der Waals surface area (Å²) in [6.07, 6.45) is 2.52. The van der Waals surface area contributed by atoms with Crippen LogP contribution in [0.4, 0.5) is 0 Å². The normalized spacial score (nSPS) is 38.4. The maximum absolute atomic E-state index is 11.9. The van der Waals surface area contributed by atoms with Crippen LogP contribution in [-0.2, 0) is 9.53 Å². The fraction of sp³-hybridized carbons (Fsp3) is 0.818.